The average molecular weight is 403 g/mol. The van der Waals surface area contributed by atoms with Gasteiger partial charge in [-0.15, -0.1) is 0 Å². The number of aliphatic hydroxyl groups excluding tert-OH is 1. The smallest absolute Gasteiger partial charge is 0.269 e. The highest BCUT2D eigenvalue weighted by Gasteiger charge is 2.19. The highest BCUT2D eigenvalue weighted by Crippen LogP contribution is 2.36. The molecule has 0 saturated carbocycles. The molecule has 0 bridgehead atoms. The van der Waals surface area contributed by atoms with Gasteiger partial charge < -0.3 is 15.2 Å². The molecule has 0 aliphatic rings. The molecule has 0 aliphatic heterocycles. The van der Waals surface area contributed by atoms with Gasteiger partial charge in [0.1, 0.15) is 23.4 Å². The van der Waals surface area contributed by atoms with Crippen molar-refractivity contribution in [1.29, 1.82) is 5.26 Å². The van der Waals surface area contributed by atoms with Crippen LogP contribution in [0.5, 0.6) is 5.75 Å². The van der Waals surface area contributed by atoms with Gasteiger partial charge in [0.15, 0.2) is 5.57 Å². The van der Waals surface area contributed by atoms with Crippen molar-refractivity contribution in [3.63, 3.8) is 0 Å². The highest BCUT2D eigenvalue weighted by molar-refractivity contribution is 6.30. The zero-order chi connectivity index (χ0) is 20.8. The van der Waals surface area contributed by atoms with Crippen LogP contribution in [0.3, 0.4) is 0 Å². The summed E-state index contributed by atoms with van der Waals surface area (Å²) in [4.78, 5) is 12.1. The summed E-state index contributed by atoms with van der Waals surface area (Å²) in [5, 5.41) is 21.2. The lowest BCUT2D eigenvalue weighted by Gasteiger charge is -2.18. The van der Waals surface area contributed by atoms with E-state index in [1.54, 1.807) is 30.3 Å². The quantitative estimate of drug-likeness (QED) is 0.373. The molecule has 1 unspecified atom stereocenters. The van der Waals surface area contributed by atoms with E-state index in [0.29, 0.717) is 21.9 Å². The lowest BCUT2D eigenvalue weighted by molar-refractivity contribution is -0.112. The minimum Gasteiger partial charge on any atom is -0.511 e. The van der Waals surface area contributed by atoms with E-state index in [1.807, 2.05) is 13.8 Å². The molecule has 0 fully saturated rings. The SMILES string of the molecule is CCC(C)Oc1cc(NC(=O)/C(C#N)=C(/C)O)c(F)cc1-c1ccc(Cl)cc1. The normalized spacial score (nSPS) is 12.6. The highest BCUT2D eigenvalue weighted by atomic mass is 35.5. The number of halogens is 2. The fraction of sp³-hybridized carbons (Fsp3) is 0.238. The summed E-state index contributed by atoms with van der Waals surface area (Å²) in [6, 6.07) is 11.1. The Morgan fingerprint density at radius 2 is 2.00 bits per heavy atom. The van der Waals surface area contributed by atoms with Crippen molar-refractivity contribution in [2.24, 2.45) is 0 Å². The Labute approximate surface area is 168 Å². The van der Waals surface area contributed by atoms with Crippen LogP contribution in [0.25, 0.3) is 11.1 Å². The zero-order valence-electron chi connectivity index (χ0n) is 15.7. The molecule has 2 rings (SSSR count). The maximum Gasteiger partial charge on any atom is 0.269 e. The molecule has 2 aromatic rings. The van der Waals surface area contributed by atoms with Crippen LogP contribution in [0.4, 0.5) is 10.1 Å². The lowest BCUT2D eigenvalue weighted by atomic mass is 10.0. The minimum absolute atomic E-state index is 0.144. The number of ether oxygens (including phenoxy) is 1. The number of nitrogens with zero attached hydrogens (tertiary/aromatic N) is 1. The van der Waals surface area contributed by atoms with Gasteiger partial charge in [-0.1, -0.05) is 30.7 Å². The van der Waals surface area contributed by atoms with Crippen molar-refractivity contribution in [3.05, 3.63) is 58.6 Å². The molecule has 0 radical (unpaired) electrons. The van der Waals surface area contributed by atoms with Gasteiger partial charge in [-0.25, -0.2) is 4.39 Å². The van der Waals surface area contributed by atoms with E-state index >= 15 is 0 Å². The largest absolute Gasteiger partial charge is 0.511 e. The summed E-state index contributed by atoms with van der Waals surface area (Å²) in [5.74, 6) is -1.69. The maximum atomic E-state index is 14.7. The predicted octanol–water partition coefficient (Wildman–Crippen LogP) is 5.62. The molecule has 28 heavy (non-hydrogen) atoms. The van der Waals surface area contributed by atoms with Gasteiger partial charge in [-0.2, -0.15) is 5.26 Å². The number of rotatable bonds is 6. The third-order valence-corrected chi connectivity index (χ3v) is 4.33. The molecule has 7 heteroatoms. The number of nitrogens with one attached hydrogen (secondary N) is 1. The van der Waals surface area contributed by atoms with Crippen molar-refractivity contribution in [1.82, 2.24) is 0 Å². The number of carbonyl (C=O) groups is 1. The molecular weight excluding hydrogens is 383 g/mol. The number of aliphatic hydroxyl groups is 1. The van der Waals surface area contributed by atoms with Gasteiger partial charge in [0.25, 0.3) is 5.91 Å². The van der Waals surface area contributed by atoms with Gasteiger partial charge >= 0.3 is 0 Å². The van der Waals surface area contributed by atoms with Gasteiger partial charge in [0.05, 0.1) is 11.8 Å². The van der Waals surface area contributed by atoms with Crippen molar-refractivity contribution < 1.29 is 19.0 Å². The van der Waals surface area contributed by atoms with Crippen molar-refractivity contribution in [2.75, 3.05) is 5.32 Å². The Balaban J connectivity index is 2.51. The minimum atomic E-state index is -0.907. The molecule has 0 spiro atoms. The van der Waals surface area contributed by atoms with Crippen LogP contribution < -0.4 is 10.1 Å². The number of amides is 1. The van der Waals surface area contributed by atoms with Gasteiger partial charge in [-0.05, 0) is 44.0 Å². The third-order valence-electron chi connectivity index (χ3n) is 4.08. The second-order valence-electron chi connectivity index (χ2n) is 6.20. The molecule has 5 nitrogen and oxygen atoms in total. The summed E-state index contributed by atoms with van der Waals surface area (Å²) in [5.41, 5.74) is 0.547. The van der Waals surface area contributed by atoms with E-state index in [2.05, 4.69) is 5.32 Å². The molecular formula is C21H20ClFN2O3. The van der Waals surface area contributed by atoms with E-state index in [9.17, 15) is 14.3 Å². The second kappa shape index (κ2) is 9.25. The molecule has 0 saturated heterocycles. The number of hydrogen-bond donors (Lipinski definition) is 2. The second-order valence-corrected chi connectivity index (χ2v) is 6.63. The van der Waals surface area contributed by atoms with E-state index in [-0.39, 0.29) is 11.8 Å². The van der Waals surface area contributed by atoms with Crippen LogP contribution in [-0.4, -0.2) is 17.1 Å². The van der Waals surface area contributed by atoms with Crippen molar-refractivity contribution in [2.45, 2.75) is 33.3 Å². The standard InChI is InChI=1S/C21H20ClFN2O3/c1-4-12(2)28-20-10-19(25-21(27)17(11-24)13(3)26)18(23)9-16(20)14-5-7-15(22)8-6-14/h5-10,12,26H,4H2,1-3H3,(H,25,27)/b17-13-. The average Bonchev–Trinajstić information content (AvgIpc) is 2.65. The van der Waals surface area contributed by atoms with Crippen LogP contribution in [0.15, 0.2) is 47.7 Å². The molecule has 0 aliphatic carbocycles. The topological polar surface area (TPSA) is 82.3 Å². The number of nitriles is 1. The molecule has 0 heterocycles. The lowest BCUT2D eigenvalue weighted by Crippen LogP contribution is -2.17. The molecule has 146 valence electrons. The fourth-order valence-electron chi connectivity index (χ4n) is 2.38. The first kappa shape index (κ1) is 21.3. The first-order chi connectivity index (χ1) is 13.3. The Hall–Kier alpha value is -3.04. The Bertz CT molecular complexity index is 945. The Morgan fingerprint density at radius 3 is 2.54 bits per heavy atom. The van der Waals surface area contributed by atoms with E-state index < -0.39 is 23.1 Å². The maximum absolute atomic E-state index is 14.7. The Morgan fingerprint density at radius 1 is 1.36 bits per heavy atom. The molecule has 0 aromatic heterocycles. The molecule has 2 N–H and O–H groups in total. The number of anilines is 1. The summed E-state index contributed by atoms with van der Waals surface area (Å²) >= 11 is 5.92. The monoisotopic (exact) mass is 402 g/mol. The van der Waals surface area contributed by atoms with Crippen LogP contribution in [0.2, 0.25) is 5.02 Å². The predicted molar refractivity (Wildman–Crippen MR) is 107 cm³/mol. The molecule has 1 atom stereocenters. The van der Waals surface area contributed by atoms with Crippen LogP contribution in [-0.2, 0) is 4.79 Å². The zero-order valence-corrected chi connectivity index (χ0v) is 16.5. The first-order valence-electron chi connectivity index (χ1n) is 8.64. The Kier molecular flexibility index (Phi) is 7.02. The van der Waals surface area contributed by atoms with E-state index in [1.165, 1.54) is 19.1 Å². The third kappa shape index (κ3) is 5.02. The fourth-order valence-corrected chi connectivity index (χ4v) is 2.51. The number of carbonyl (C=O) groups excluding carboxylic acids is 1. The van der Waals surface area contributed by atoms with E-state index in [0.717, 1.165) is 6.42 Å². The number of benzene rings is 2. The summed E-state index contributed by atoms with van der Waals surface area (Å²) in [6.45, 7) is 5.03. The van der Waals surface area contributed by atoms with Crippen LogP contribution in [0, 0.1) is 17.1 Å². The number of hydrogen-bond acceptors (Lipinski definition) is 4. The van der Waals surface area contributed by atoms with Crippen LogP contribution in [0.1, 0.15) is 27.2 Å². The van der Waals surface area contributed by atoms with Crippen molar-refractivity contribution in [3.8, 4) is 22.9 Å². The van der Waals surface area contributed by atoms with Gasteiger partial charge in [0, 0.05) is 16.7 Å². The van der Waals surface area contributed by atoms with E-state index in [4.69, 9.17) is 21.6 Å². The molecule has 1 amide bonds. The summed E-state index contributed by atoms with van der Waals surface area (Å²) in [7, 11) is 0. The van der Waals surface area contributed by atoms with Gasteiger partial charge in [-0.3, -0.25) is 4.79 Å². The summed E-state index contributed by atoms with van der Waals surface area (Å²) < 4.78 is 20.6. The molecule has 2 aromatic carbocycles. The number of allylic oxidation sites excluding steroid dienone is 1. The van der Waals surface area contributed by atoms with Crippen LogP contribution >= 0.6 is 11.6 Å². The van der Waals surface area contributed by atoms with Crippen molar-refractivity contribution >= 4 is 23.2 Å². The van der Waals surface area contributed by atoms with Gasteiger partial charge in [0.2, 0.25) is 0 Å². The first-order valence-corrected chi connectivity index (χ1v) is 9.02. The summed E-state index contributed by atoms with van der Waals surface area (Å²) in [6.07, 6.45) is 0.582.